The predicted octanol–water partition coefficient (Wildman–Crippen LogP) is 3.84. The lowest BCUT2D eigenvalue weighted by Crippen LogP contribution is -2.30. The molecule has 0 atom stereocenters. The molecule has 0 aliphatic rings. The number of anilines is 1. The fourth-order valence-corrected chi connectivity index (χ4v) is 4.72. The molecule has 2 aromatic carbocycles. The number of carbonyl (C=O) groups is 1. The molecule has 0 bridgehead atoms. The van der Waals surface area contributed by atoms with E-state index in [4.69, 9.17) is 11.6 Å². The third-order valence-electron chi connectivity index (χ3n) is 4.18. The Kier molecular flexibility index (Phi) is 6.76. The van der Waals surface area contributed by atoms with Crippen molar-refractivity contribution in [2.24, 2.45) is 0 Å². The Labute approximate surface area is 168 Å². The van der Waals surface area contributed by atoms with Crippen molar-refractivity contribution in [3.63, 3.8) is 0 Å². The number of carbonyl (C=O) groups excluding carboxylic acids is 1. The molecule has 0 saturated carbocycles. The molecule has 2 rings (SSSR count). The molecule has 1 amide bonds. The smallest absolute Gasteiger partial charge is 0.285 e. The summed E-state index contributed by atoms with van der Waals surface area (Å²) in [4.78, 5) is 23.1. The fourth-order valence-electron chi connectivity index (χ4n) is 2.76. The van der Waals surface area contributed by atoms with E-state index < -0.39 is 20.9 Å². The van der Waals surface area contributed by atoms with Crippen LogP contribution in [0.1, 0.15) is 29.8 Å². The lowest BCUT2D eigenvalue weighted by atomic mass is 10.1. The van der Waals surface area contributed by atoms with E-state index in [1.807, 2.05) is 0 Å². The third kappa shape index (κ3) is 4.32. The number of para-hydroxylation sites is 1. The number of benzene rings is 2. The zero-order chi connectivity index (χ0) is 21.1. The summed E-state index contributed by atoms with van der Waals surface area (Å²) in [5, 5.41) is 13.8. The maximum absolute atomic E-state index is 12.8. The minimum atomic E-state index is -3.84. The van der Waals surface area contributed by atoms with E-state index in [1.54, 1.807) is 13.8 Å². The molecule has 0 aliphatic carbocycles. The highest BCUT2D eigenvalue weighted by Gasteiger charge is 2.26. The van der Waals surface area contributed by atoms with Gasteiger partial charge in [-0.25, -0.2) is 8.42 Å². The van der Waals surface area contributed by atoms with Crippen LogP contribution in [0.4, 0.5) is 11.4 Å². The summed E-state index contributed by atoms with van der Waals surface area (Å²) in [6, 6.07) is 8.45. The van der Waals surface area contributed by atoms with Gasteiger partial charge in [-0.3, -0.25) is 14.9 Å². The molecular formula is C18H20ClN3O5S. The van der Waals surface area contributed by atoms with Gasteiger partial charge in [0, 0.05) is 24.3 Å². The van der Waals surface area contributed by atoms with Gasteiger partial charge in [-0.05, 0) is 31.2 Å². The van der Waals surface area contributed by atoms with E-state index in [2.05, 4.69) is 5.32 Å². The molecule has 8 nitrogen and oxygen atoms in total. The van der Waals surface area contributed by atoms with Crippen molar-refractivity contribution in [1.29, 1.82) is 0 Å². The Morgan fingerprint density at radius 2 is 1.86 bits per heavy atom. The minimum Gasteiger partial charge on any atom is -0.322 e. The van der Waals surface area contributed by atoms with Crippen molar-refractivity contribution in [1.82, 2.24) is 4.31 Å². The Balaban J connectivity index is 2.43. The molecular weight excluding hydrogens is 406 g/mol. The molecule has 0 fully saturated rings. The number of sulfonamides is 1. The summed E-state index contributed by atoms with van der Waals surface area (Å²) in [6.45, 7) is 5.48. The van der Waals surface area contributed by atoms with Gasteiger partial charge in [0.1, 0.15) is 10.5 Å². The maximum Gasteiger partial charge on any atom is 0.285 e. The number of halogens is 1. The molecule has 0 aromatic heterocycles. The van der Waals surface area contributed by atoms with Crippen LogP contribution in [0, 0.1) is 17.0 Å². The summed E-state index contributed by atoms with van der Waals surface area (Å²) in [7, 11) is -3.84. The number of aryl methyl sites for hydroxylation is 1. The number of hydrogen-bond acceptors (Lipinski definition) is 5. The summed E-state index contributed by atoms with van der Waals surface area (Å²) in [5.74, 6) is -0.719. The summed E-state index contributed by atoms with van der Waals surface area (Å²) in [5.41, 5.74) is 0.0903. The quantitative estimate of drug-likeness (QED) is 0.535. The summed E-state index contributed by atoms with van der Waals surface area (Å²) >= 11 is 6.07. The Bertz CT molecular complexity index is 1020. The van der Waals surface area contributed by atoms with E-state index in [1.165, 1.54) is 47.6 Å². The van der Waals surface area contributed by atoms with Gasteiger partial charge in [0.05, 0.1) is 9.95 Å². The molecule has 0 heterocycles. The number of nitrogens with one attached hydrogen (secondary N) is 1. The highest BCUT2D eigenvalue weighted by molar-refractivity contribution is 7.89. The number of nitro benzene ring substituents is 1. The van der Waals surface area contributed by atoms with Crippen LogP contribution < -0.4 is 5.32 Å². The van der Waals surface area contributed by atoms with Gasteiger partial charge in [-0.1, -0.05) is 37.6 Å². The van der Waals surface area contributed by atoms with Crippen molar-refractivity contribution in [3.8, 4) is 0 Å². The number of nitro groups is 1. The van der Waals surface area contributed by atoms with E-state index in [0.717, 1.165) is 0 Å². The van der Waals surface area contributed by atoms with Gasteiger partial charge in [0.2, 0.25) is 10.0 Å². The SMILES string of the molecule is CCN(CC)S(=O)(=O)c1cc(NC(=O)c2cccc(C)c2[N+](=O)[O-])ccc1Cl. The molecule has 0 unspecified atom stereocenters. The second-order valence-corrected chi connectivity index (χ2v) is 8.23. The largest absolute Gasteiger partial charge is 0.322 e. The monoisotopic (exact) mass is 425 g/mol. The topological polar surface area (TPSA) is 110 Å². The lowest BCUT2D eigenvalue weighted by Gasteiger charge is -2.19. The van der Waals surface area contributed by atoms with Crippen molar-refractivity contribution in [2.75, 3.05) is 18.4 Å². The Morgan fingerprint density at radius 1 is 1.21 bits per heavy atom. The minimum absolute atomic E-state index is 0.0198. The summed E-state index contributed by atoms with van der Waals surface area (Å²) < 4.78 is 26.7. The van der Waals surface area contributed by atoms with Gasteiger partial charge in [-0.2, -0.15) is 4.31 Å². The highest BCUT2D eigenvalue weighted by Crippen LogP contribution is 2.29. The first kappa shape index (κ1) is 21.8. The lowest BCUT2D eigenvalue weighted by molar-refractivity contribution is -0.385. The highest BCUT2D eigenvalue weighted by atomic mass is 35.5. The first-order valence-corrected chi connectivity index (χ1v) is 10.3. The fraction of sp³-hybridized carbons (Fsp3) is 0.278. The molecule has 10 heteroatoms. The molecule has 0 spiro atoms. The Morgan fingerprint density at radius 3 is 2.43 bits per heavy atom. The predicted molar refractivity (Wildman–Crippen MR) is 107 cm³/mol. The van der Waals surface area contributed by atoms with Crippen LogP contribution in [0.15, 0.2) is 41.3 Å². The van der Waals surface area contributed by atoms with Crippen LogP contribution in [0.5, 0.6) is 0 Å². The van der Waals surface area contributed by atoms with Gasteiger partial charge in [0.25, 0.3) is 11.6 Å². The van der Waals surface area contributed by atoms with Gasteiger partial charge < -0.3 is 5.32 Å². The van der Waals surface area contributed by atoms with Crippen LogP contribution >= 0.6 is 11.6 Å². The second kappa shape index (κ2) is 8.68. The molecule has 0 saturated heterocycles. The van der Waals surface area contributed by atoms with Crippen molar-refractivity contribution < 1.29 is 18.1 Å². The van der Waals surface area contributed by atoms with Gasteiger partial charge in [0.15, 0.2) is 0 Å². The van der Waals surface area contributed by atoms with Crippen molar-refractivity contribution >= 4 is 38.9 Å². The molecule has 1 N–H and O–H groups in total. The second-order valence-electron chi connectivity index (χ2n) is 5.92. The van der Waals surface area contributed by atoms with E-state index >= 15 is 0 Å². The molecule has 2 aromatic rings. The normalized spacial score (nSPS) is 11.5. The van der Waals surface area contributed by atoms with Crippen LogP contribution in [0.3, 0.4) is 0 Å². The Hall–Kier alpha value is -2.49. The average Bonchev–Trinajstić information content (AvgIpc) is 2.63. The number of hydrogen-bond donors (Lipinski definition) is 1. The van der Waals surface area contributed by atoms with Crippen LogP contribution in [0.25, 0.3) is 0 Å². The molecule has 28 heavy (non-hydrogen) atoms. The van der Waals surface area contributed by atoms with E-state index in [9.17, 15) is 23.3 Å². The zero-order valence-corrected chi connectivity index (χ0v) is 17.2. The van der Waals surface area contributed by atoms with Crippen molar-refractivity contribution in [2.45, 2.75) is 25.7 Å². The first-order chi connectivity index (χ1) is 13.1. The number of amides is 1. The standard InChI is InChI=1S/C18H20ClN3O5S/c1-4-21(5-2)28(26,27)16-11-13(9-10-15(16)19)20-18(23)14-8-6-7-12(3)17(14)22(24)25/h6-11H,4-5H2,1-3H3,(H,20,23). The van der Waals surface area contributed by atoms with Gasteiger partial charge >= 0.3 is 0 Å². The molecule has 0 radical (unpaired) electrons. The molecule has 0 aliphatic heterocycles. The zero-order valence-electron chi connectivity index (χ0n) is 15.6. The number of nitrogens with zero attached hydrogens (tertiary/aromatic N) is 2. The summed E-state index contributed by atoms with van der Waals surface area (Å²) in [6.07, 6.45) is 0. The third-order valence-corrected chi connectivity index (χ3v) is 6.71. The number of rotatable bonds is 7. The van der Waals surface area contributed by atoms with E-state index in [-0.39, 0.29) is 39.9 Å². The van der Waals surface area contributed by atoms with Crippen molar-refractivity contribution in [3.05, 3.63) is 62.7 Å². The van der Waals surface area contributed by atoms with Crippen LogP contribution in [0.2, 0.25) is 5.02 Å². The van der Waals surface area contributed by atoms with Crippen LogP contribution in [-0.4, -0.2) is 36.6 Å². The first-order valence-electron chi connectivity index (χ1n) is 8.48. The van der Waals surface area contributed by atoms with Gasteiger partial charge in [-0.15, -0.1) is 0 Å². The average molecular weight is 426 g/mol. The molecule has 150 valence electrons. The van der Waals surface area contributed by atoms with E-state index in [0.29, 0.717) is 5.56 Å². The maximum atomic E-state index is 12.8. The van der Waals surface area contributed by atoms with Crippen LogP contribution in [-0.2, 0) is 10.0 Å².